The van der Waals surface area contributed by atoms with E-state index in [0.717, 1.165) is 19.0 Å². The number of hydrogen-bond donors (Lipinski definition) is 1. The normalized spacial score (nSPS) is 17.7. The Morgan fingerprint density at radius 2 is 2.27 bits per heavy atom. The topological polar surface area (TPSA) is 71.9 Å². The molecule has 122 valence electrons. The fourth-order valence-electron chi connectivity index (χ4n) is 2.00. The third kappa shape index (κ3) is 4.92. The summed E-state index contributed by atoms with van der Waals surface area (Å²) in [5.74, 6) is 5.65. The first-order valence-corrected chi connectivity index (χ1v) is 8.99. The summed E-state index contributed by atoms with van der Waals surface area (Å²) < 4.78 is 13.8. The van der Waals surface area contributed by atoms with E-state index in [1.165, 1.54) is 11.8 Å². The third-order valence-electron chi connectivity index (χ3n) is 3.48. The average Bonchev–Trinajstić information content (AvgIpc) is 3.38. The summed E-state index contributed by atoms with van der Waals surface area (Å²) in [7, 11) is 0. The van der Waals surface area contributed by atoms with Gasteiger partial charge in [-0.3, -0.25) is 4.84 Å². The molecule has 1 aromatic heterocycles. The van der Waals surface area contributed by atoms with E-state index in [1.807, 2.05) is 20.8 Å². The van der Waals surface area contributed by atoms with Crippen molar-refractivity contribution in [2.75, 3.05) is 5.75 Å². The lowest BCUT2D eigenvalue weighted by atomic mass is 10.1. The van der Waals surface area contributed by atoms with Gasteiger partial charge in [-0.05, 0) is 47.7 Å². The minimum atomic E-state index is -0.606. The second-order valence-electron chi connectivity index (χ2n) is 4.96. The summed E-state index contributed by atoms with van der Waals surface area (Å²) in [6.45, 7) is 5.92. The zero-order chi connectivity index (χ0) is 16.8. The maximum absolute atomic E-state index is 13.8. The van der Waals surface area contributed by atoms with Gasteiger partial charge in [-0.15, -0.1) is 11.8 Å². The molecule has 2 N–H and O–H groups in total. The van der Waals surface area contributed by atoms with Crippen LogP contribution < -0.4 is 5.90 Å². The van der Waals surface area contributed by atoms with Crippen LogP contribution in [0.25, 0.3) is 0 Å². The van der Waals surface area contributed by atoms with Crippen LogP contribution in [0.4, 0.5) is 4.39 Å². The second kappa shape index (κ2) is 8.82. The van der Waals surface area contributed by atoms with E-state index in [2.05, 4.69) is 27.0 Å². The molecule has 0 bridgehead atoms. The van der Waals surface area contributed by atoms with E-state index in [4.69, 9.17) is 10.7 Å². The monoisotopic (exact) mass is 389 g/mol. The molecule has 2 atom stereocenters. The fraction of sp³-hybridized carbons (Fsp3) is 0.600. The first kappa shape index (κ1) is 19.4. The molecule has 2 rings (SSSR count). The number of hydrogen-bond acceptors (Lipinski definition) is 5. The number of pyridine rings is 1. The number of nitriles is 1. The van der Waals surface area contributed by atoms with Gasteiger partial charge < -0.3 is 0 Å². The molecule has 2 unspecified atom stereocenters. The maximum Gasteiger partial charge on any atom is 0.147 e. The quantitative estimate of drug-likeness (QED) is 0.577. The predicted octanol–water partition coefficient (Wildman–Crippen LogP) is 4.37. The largest absolute Gasteiger partial charge is 0.296 e. The zero-order valence-electron chi connectivity index (χ0n) is 13.0. The van der Waals surface area contributed by atoms with Gasteiger partial charge in [0.2, 0.25) is 0 Å². The van der Waals surface area contributed by atoms with Crippen molar-refractivity contribution in [3.8, 4) is 6.07 Å². The van der Waals surface area contributed by atoms with Crippen LogP contribution in [0.1, 0.15) is 45.3 Å². The molecule has 7 heteroatoms. The second-order valence-corrected chi connectivity index (χ2v) is 7.24. The van der Waals surface area contributed by atoms with Crippen LogP contribution in [0, 0.1) is 23.1 Å². The number of halogens is 2. The molecule has 1 fully saturated rings. The van der Waals surface area contributed by atoms with Gasteiger partial charge in [0.1, 0.15) is 21.3 Å². The number of nitrogens with zero attached hydrogens (tertiary/aromatic N) is 2. The van der Waals surface area contributed by atoms with Crippen LogP contribution in [0.15, 0.2) is 16.9 Å². The lowest BCUT2D eigenvalue weighted by Crippen LogP contribution is -2.24. The Kier molecular flexibility index (Phi) is 7.77. The van der Waals surface area contributed by atoms with Crippen molar-refractivity contribution in [2.24, 2.45) is 11.8 Å². The molecule has 1 saturated carbocycles. The highest BCUT2D eigenvalue weighted by Gasteiger charge is 2.42. The summed E-state index contributed by atoms with van der Waals surface area (Å²) >= 11 is 4.67. The van der Waals surface area contributed by atoms with Crippen LogP contribution in [0.5, 0.6) is 0 Å². The van der Waals surface area contributed by atoms with Crippen LogP contribution >= 0.6 is 27.7 Å². The van der Waals surface area contributed by atoms with Gasteiger partial charge in [-0.2, -0.15) is 5.26 Å². The zero-order valence-corrected chi connectivity index (χ0v) is 15.4. The van der Waals surface area contributed by atoms with E-state index < -0.39 is 16.7 Å². The third-order valence-corrected chi connectivity index (χ3v) is 5.40. The summed E-state index contributed by atoms with van der Waals surface area (Å²) in [6.07, 6.45) is 2.66. The number of thioether (sulfide) groups is 1. The molecule has 1 aromatic rings. The van der Waals surface area contributed by atoms with Crippen LogP contribution in [0.3, 0.4) is 0 Å². The van der Waals surface area contributed by atoms with E-state index >= 15 is 0 Å². The van der Waals surface area contributed by atoms with Gasteiger partial charge in [0.25, 0.3) is 0 Å². The lowest BCUT2D eigenvalue weighted by molar-refractivity contribution is 0.0669. The first-order valence-electron chi connectivity index (χ1n) is 7.22. The van der Waals surface area contributed by atoms with Gasteiger partial charge in [0, 0.05) is 11.3 Å². The van der Waals surface area contributed by atoms with Gasteiger partial charge in [0.05, 0.1) is 12.3 Å². The Labute approximate surface area is 143 Å². The van der Waals surface area contributed by atoms with Gasteiger partial charge in [0.15, 0.2) is 0 Å². The summed E-state index contributed by atoms with van der Waals surface area (Å²) in [5.41, 5.74) is 0.345. The SMILES string of the molecule is CC.CC(C#N)(SCC(ON)c1cc(Br)ncc1F)C1CC1. The van der Waals surface area contributed by atoms with E-state index in [1.54, 1.807) is 6.07 Å². The standard InChI is InChI=1S/C13H15BrFN3OS.C2H6/c1-13(7-16,8-2-3-8)20-6-11(19-17)9-4-12(14)18-5-10(9)15;1-2/h4-5,8,11H,2-3,6,17H2,1H3;1-2H3. The Hall–Kier alpha value is -0.680. The molecule has 0 saturated heterocycles. The maximum atomic E-state index is 13.8. The highest BCUT2D eigenvalue weighted by atomic mass is 79.9. The van der Waals surface area contributed by atoms with Crippen molar-refractivity contribution < 1.29 is 9.23 Å². The van der Waals surface area contributed by atoms with Gasteiger partial charge >= 0.3 is 0 Å². The molecule has 1 aliphatic carbocycles. The van der Waals surface area contributed by atoms with Crippen LogP contribution in [-0.2, 0) is 4.84 Å². The molecular formula is C15H21BrFN3OS. The summed E-state index contributed by atoms with van der Waals surface area (Å²) in [4.78, 5) is 8.70. The fourth-order valence-corrected chi connectivity index (χ4v) is 3.64. The molecule has 1 aliphatic rings. The lowest BCUT2D eigenvalue weighted by Gasteiger charge is -2.23. The molecule has 22 heavy (non-hydrogen) atoms. The number of nitrogens with two attached hydrogens (primary N) is 1. The van der Waals surface area contributed by atoms with Crippen molar-refractivity contribution >= 4 is 27.7 Å². The Morgan fingerprint density at radius 3 is 2.77 bits per heavy atom. The molecule has 0 aliphatic heterocycles. The van der Waals surface area contributed by atoms with Crippen molar-refractivity contribution in [1.29, 1.82) is 5.26 Å². The minimum absolute atomic E-state index is 0.345. The molecule has 0 spiro atoms. The smallest absolute Gasteiger partial charge is 0.147 e. The highest BCUT2D eigenvalue weighted by molar-refractivity contribution is 9.10. The Morgan fingerprint density at radius 1 is 1.64 bits per heavy atom. The molecule has 0 radical (unpaired) electrons. The van der Waals surface area contributed by atoms with Gasteiger partial charge in [-0.25, -0.2) is 15.3 Å². The number of rotatable bonds is 6. The van der Waals surface area contributed by atoms with Crippen molar-refractivity contribution in [2.45, 2.75) is 44.5 Å². The van der Waals surface area contributed by atoms with E-state index in [0.29, 0.717) is 21.8 Å². The molecule has 0 amide bonds. The van der Waals surface area contributed by atoms with Crippen molar-refractivity contribution in [3.63, 3.8) is 0 Å². The molecular weight excluding hydrogens is 369 g/mol. The molecule has 0 aromatic carbocycles. The van der Waals surface area contributed by atoms with Gasteiger partial charge in [-0.1, -0.05) is 13.8 Å². The van der Waals surface area contributed by atoms with Crippen LogP contribution in [0.2, 0.25) is 0 Å². The highest BCUT2D eigenvalue weighted by Crippen LogP contribution is 2.48. The van der Waals surface area contributed by atoms with E-state index in [9.17, 15) is 9.65 Å². The Bertz CT molecular complexity index is 536. The number of aromatic nitrogens is 1. The average molecular weight is 390 g/mol. The van der Waals surface area contributed by atoms with Crippen LogP contribution in [-0.4, -0.2) is 15.5 Å². The Balaban J connectivity index is 0.00000116. The summed E-state index contributed by atoms with van der Waals surface area (Å²) in [5, 5.41) is 9.32. The minimum Gasteiger partial charge on any atom is -0.296 e. The summed E-state index contributed by atoms with van der Waals surface area (Å²) in [6, 6.07) is 3.90. The first-order chi connectivity index (χ1) is 10.5. The van der Waals surface area contributed by atoms with Crippen molar-refractivity contribution in [1.82, 2.24) is 4.98 Å². The molecule has 4 nitrogen and oxygen atoms in total. The van der Waals surface area contributed by atoms with Crippen molar-refractivity contribution in [3.05, 3.63) is 28.2 Å². The van der Waals surface area contributed by atoms with E-state index in [-0.39, 0.29) is 0 Å². The predicted molar refractivity (Wildman–Crippen MR) is 90.5 cm³/mol. The molecule has 1 heterocycles.